The normalized spacial score (nSPS) is 12.6. The zero-order valence-electron chi connectivity index (χ0n) is 16.7. The zero-order valence-corrected chi connectivity index (χ0v) is 16.7. The molecule has 2 aromatic heterocycles. The van der Waals surface area contributed by atoms with Crippen LogP contribution in [0.3, 0.4) is 0 Å². The summed E-state index contributed by atoms with van der Waals surface area (Å²) in [7, 11) is 0. The van der Waals surface area contributed by atoms with Gasteiger partial charge in [0.15, 0.2) is 0 Å². The summed E-state index contributed by atoms with van der Waals surface area (Å²) in [5.41, 5.74) is 1.92. The van der Waals surface area contributed by atoms with Gasteiger partial charge in [0.1, 0.15) is 24.6 Å². The smallest absolute Gasteiger partial charge is 0.357 e. The molecule has 6 nitrogen and oxygen atoms in total. The highest BCUT2D eigenvalue weighted by atomic mass is 19.4. The van der Waals surface area contributed by atoms with Crippen molar-refractivity contribution in [1.29, 1.82) is 0 Å². The number of hydrogen-bond donors (Lipinski definition) is 3. The van der Waals surface area contributed by atoms with E-state index in [-0.39, 0.29) is 16.1 Å². The van der Waals surface area contributed by atoms with E-state index in [4.69, 9.17) is 0 Å². The second-order valence-corrected chi connectivity index (χ2v) is 7.00. The lowest BCUT2D eigenvalue weighted by Crippen LogP contribution is -2.40. The third kappa shape index (κ3) is 6.45. The van der Waals surface area contributed by atoms with Crippen LogP contribution in [-0.2, 0) is 6.18 Å². The molecule has 1 aromatic carbocycles. The van der Waals surface area contributed by atoms with E-state index in [0.29, 0.717) is 12.1 Å². The Morgan fingerprint density at radius 3 is 2.12 bits per heavy atom. The largest absolute Gasteiger partial charge is 0.417 e. The second-order valence-electron chi connectivity index (χ2n) is 7.00. The molecule has 0 saturated heterocycles. The van der Waals surface area contributed by atoms with E-state index >= 15 is 0 Å². The van der Waals surface area contributed by atoms with Crippen LogP contribution in [0.2, 0.25) is 0 Å². The molecule has 15 heteroatoms. The molecule has 0 fully saturated rings. The van der Waals surface area contributed by atoms with Gasteiger partial charge in [0.2, 0.25) is 0 Å². The third-order valence-corrected chi connectivity index (χ3v) is 4.35. The summed E-state index contributed by atoms with van der Waals surface area (Å²) >= 11 is 0. The number of hydrogen-bond acceptors (Lipinski definition) is 4. The second kappa shape index (κ2) is 8.95. The number of nitrogens with one attached hydrogen (secondary N) is 3. The van der Waals surface area contributed by atoms with Gasteiger partial charge in [0.25, 0.3) is 5.91 Å². The molecule has 3 N–H and O–H groups in total. The molecule has 34 heavy (non-hydrogen) atoms. The Labute approximate surface area is 184 Å². The van der Waals surface area contributed by atoms with Crippen LogP contribution in [0.4, 0.5) is 51.0 Å². The summed E-state index contributed by atoms with van der Waals surface area (Å²) < 4.78 is 118. The minimum absolute atomic E-state index is 0.0865. The molecule has 0 aliphatic rings. The summed E-state index contributed by atoms with van der Waals surface area (Å²) in [6, 6.07) is 5.58. The van der Waals surface area contributed by atoms with Crippen molar-refractivity contribution in [2.75, 3.05) is 23.4 Å². The predicted molar refractivity (Wildman–Crippen MR) is 103 cm³/mol. The van der Waals surface area contributed by atoms with Crippen molar-refractivity contribution in [2.45, 2.75) is 18.5 Å². The molecule has 0 saturated carbocycles. The van der Waals surface area contributed by atoms with Gasteiger partial charge in [-0.15, -0.1) is 0 Å². The number of alkyl halides is 9. The van der Waals surface area contributed by atoms with Gasteiger partial charge < -0.3 is 9.88 Å². The molecule has 0 spiro atoms. The number of aromatic amines is 1. The number of benzene rings is 1. The van der Waals surface area contributed by atoms with E-state index in [9.17, 15) is 44.3 Å². The molecule has 0 radical (unpaired) electrons. The number of hydrazine groups is 1. The van der Waals surface area contributed by atoms with Crippen LogP contribution in [0.25, 0.3) is 10.9 Å². The predicted octanol–water partition coefficient (Wildman–Crippen LogP) is 5.27. The lowest BCUT2D eigenvalue weighted by Gasteiger charge is -2.27. The Bertz CT molecular complexity index is 1140. The summed E-state index contributed by atoms with van der Waals surface area (Å²) in [5, 5.41) is -0.722. The molecular weight excluding hydrogens is 485 g/mol. The first-order valence-electron chi connectivity index (χ1n) is 9.22. The van der Waals surface area contributed by atoms with Crippen molar-refractivity contribution in [1.82, 2.24) is 15.4 Å². The van der Waals surface area contributed by atoms with Crippen LogP contribution in [0, 0.1) is 0 Å². The van der Waals surface area contributed by atoms with Gasteiger partial charge >= 0.3 is 18.5 Å². The molecule has 3 rings (SSSR count). The average Bonchev–Trinajstić information content (AvgIpc) is 3.22. The summed E-state index contributed by atoms with van der Waals surface area (Å²) in [6.45, 7) is -4.06. The fraction of sp³-hybridized carbons (Fsp3) is 0.263. The monoisotopic (exact) mass is 499 g/mol. The fourth-order valence-electron chi connectivity index (χ4n) is 3.04. The topological polar surface area (TPSA) is 73.1 Å². The van der Waals surface area contributed by atoms with Crippen LogP contribution in [0.15, 0.2) is 42.6 Å². The van der Waals surface area contributed by atoms with E-state index in [0.717, 1.165) is 12.1 Å². The van der Waals surface area contributed by atoms with Crippen molar-refractivity contribution in [3.8, 4) is 0 Å². The number of nitrogens with zero attached hydrogens (tertiary/aromatic N) is 2. The van der Waals surface area contributed by atoms with Crippen LogP contribution in [-0.4, -0.2) is 41.3 Å². The van der Waals surface area contributed by atoms with E-state index in [2.05, 4.69) is 20.8 Å². The number of fused-ring (bicyclic) bond motifs is 1. The lowest BCUT2D eigenvalue weighted by atomic mass is 10.1. The minimum atomic E-state index is -5.05. The standard InChI is InChI=1S/C19H14F9N5O/c20-17(21,22)8-33(9-18(23,24)25)10-3-4-13-11(6-10)12(19(26,27)28)7-15(30-13)31-32-16(34)14-2-1-5-29-14/h1-7,29H,8-9H2,(H,30,31)(H,32,34). The fourth-order valence-corrected chi connectivity index (χ4v) is 3.04. The minimum Gasteiger partial charge on any atom is -0.357 e. The quantitative estimate of drug-likeness (QED) is 0.319. The number of carbonyl (C=O) groups excluding carboxylic acids is 1. The molecule has 2 heterocycles. The van der Waals surface area contributed by atoms with Gasteiger partial charge in [-0.1, -0.05) is 0 Å². The van der Waals surface area contributed by atoms with Gasteiger partial charge in [0, 0.05) is 17.3 Å². The number of rotatable bonds is 6. The Kier molecular flexibility index (Phi) is 6.57. The van der Waals surface area contributed by atoms with E-state index in [1.165, 1.54) is 18.3 Å². The van der Waals surface area contributed by atoms with Gasteiger partial charge in [-0.25, -0.2) is 4.98 Å². The maximum absolute atomic E-state index is 13.7. The van der Waals surface area contributed by atoms with Gasteiger partial charge in [-0.05, 0) is 36.4 Å². The molecule has 0 bridgehead atoms. The van der Waals surface area contributed by atoms with Gasteiger partial charge in [0.05, 0.1) is 11.1 Å². The van der Waals surface area contributed by atoms with E-state index in [1.807, 2.05) is 0 Å². The lowest BCUT2D eigenvalue weighted by molar-refractivity contribution is -0.138. The third-order valence-electron chi connectivity index (χ3n) is 4.35. The van der Waals surface area contributed by atoms with E-state index < -0.39 is 60.0 Å². The highest BCUT2D eigenvalue weighted by Crippen LogP contribution is 2.38. The van der Waals surface area contributed by atoms with Crippen molar-refractivity contribution >= 4 is 28.3 Å². The highest BCUT2D eigenvalue weighted by molar-refractivity contribution is 5.93. The Hall–Kier alpha value is -3.65. The van der Waals surface area contributed by atoms with Gasteiger partial charge in [-0.3, -0.25) is 15.6 Å². The number of anilines is 2. The zero-order chi connectivity index (χ0) is 25.3. The van der Waals surface area contributed by atoms with Crippen molar-refractivity contribution in [3.05, 3.63) is 53.9 Å². The first kappa shape index (κ1) is 25.0. The number of halogens is 9. The van der Waals surface area contributed by atoms with Crippen LogP contribution < -0.4 is 15.8 Å². The number of carbonyl (C=O) groups is 1. The summed E-state index contributed by atoms with van der Waals surface area (Å²) in [5.74, 6) is -1.19. The van der Waals surface area contributed by atoms with Gasteiger partial charge in [-0.2, -0.15) is 39.5 Å². The Balaban J connectivity index is 2.00. The number of amides is 1. The molecule has 0 aliphatic heterocycles. The maximum atomic E-state index is 13.7. The molecule has 3 aromatic rings. The molecule has 0 aliphatic carbocycles. The molecule has 1 amide bonds. The van der Waals surface area contributed by atoms with Crippen LogP contribution in [0.5, 0.6) is 0 Å². The van der Waals surface area contributed by atoms with Crippen LogP contribution in [0.1, 0.15) is 16.1 Å². The Morgan fingerprint density at radius 1 is 0.941 bits per heavy atom. The number of pyridine rings is 1. The van der Waals surface area contributed by atoms with E-state index in [1.54, 1.807) is 0 Å². The SMILES string of the molecule is O=C(NNc1cc(C(F)(F)F)c2cc(N(CC(F)(F)F)CC(F)(F)F)ccc2n1)c1ccc[nH]1. The first-order chi connectivity index (χ1) is 15.6. The summed E-state index contributed by atoms with van der Waals surface area (Å²) in [4.78, 5) is 18.2. The van der Waals surface area contributed by atoms with Crippen LogP contribution >= 0.6 is 0 Å². The molecular formula is C19H14F9N5O. The summed E-state index contributed by atoms with van der Waals surface area (Å²) in [6.07, 6.45) is -13.7. The Morgan fingerprint density at radius 2 is 1.59 bits per heavy atom. The number of H-pyrrole nitrogens is 1. The highest BCUT2D eigenvalue weighted by Gasteiger charge is 2.38. The molecule has 0 unspecified atom stereocenters. The molecule has 0 atom stereocenters. The molecule has 184 valence electrons. The average molecular weight is 499 g/mol. The van der Waals surface area contributed by atoms with Crippen molar-refractivity contribution < 1.29 is 44.3 Å². The van der Waals surface area contributed by atoms with Crippen molar-refractivity contribution in [3.63, 3.8) is 0 Å². The maximum Gasteiger partial charge on any atom is 0.417 e. The first-order valence-corrected chi connectivity index (χ1v) is 9.22. The van der Waals surface area contributed by atoms with Crippen molar-refractivity contribution in [2.24, 2.45) is 0 Å². The number of aromatic nitrogens is 2.